The monoisotopic (exact) mass is 277 g/mol. The van der Waals surface area contributed by atoms with Crippen LogP contribution in [-0.2, 0) is 9.53 Å². The van der Waals surface area contributed by atoms with E-state index in [2.05, 4.69) is 0 Å². The number of fused-ring (bicyclic) bond motifs is 1. The molecule has 1 amide bonds. The zero-order chi connectivity index (χ0) is 14.1. The molecular formula is C15H16FNO3. The first-order chi connectivity index (χ1) is 9.68. The Morgan fingerprint density at radius 1 is 1.35 bits per heavy atom. The Labute approximate surface area is 116 Å². The minimum atomic E-state index is -0.627. The van der Waals surface area contributed by atoms with Crippen LogP contribution in [0.3, 0.4) is 0 Å². The van der Waals surface area contributed by atoms with Gasteiger partial charge < -0.3 is 9.64 Å². The van der Waals surface area contributed by atoms with Crippen LogP contribution in [0, 0.1) is 5.82 Å². The number of anilines is 1. The summed E-state index contributed by atoms with van der Waals surface area (Å²) < 4.78 is 19.4. The standard InChI is InChI=1S/C15H16FNO3/c16-12-7-1-6-11-13(12)17(15(19)14(11)18)8-2-4-10-5-3-9-20-10/h1,6-7,10H,2-5,8-9H2. The van der Waals surface area contributed by atoms with Gasteiger partial charge in [0.05, 0.1) is 17.4 Å². The number of carbonyl (C=O) groups excluding carboxylic acids is 2. The quantitative estimate of drug-likeness (QED) is 0.793. The number of hydrogen-bond donors (Lipinski definition) is 0. The second kappa shape index (κ2) is 5.32. The molecule has 4 nitrogen and oxygen atoms in total. The van der Waals surface area contributed by atoms with E-state index in [1.807, 2.05) is 0 Å². The molecule has 0 spiro atoms. The van der Waals surface area contributed by atoms with Gasteiger partial charge in [0.15, 0.2) is 0 Å². The minimum absolute atomic E-state index is 0.134. The molecule has 20 heavy (non-hydrogen) atoms. The van der Waals surface area contributed by atoms with Gasteiger partial charge in [-0.15, -0.1) is 0 Å². The third-order valence-electron chi connectivity index (χ3n) is 3.87. The molecule has 3 rings (SSSR count). The van der Waals surface area contributed by atoms with Crippen LogP contribution in [0.5, 0.6) is 0 Å². The molecule has 0 radical (unpaired) electrons. The number of carbonyl (C=O) groups is 2. The third kappa shape index (κ3) is 2.22. The van der Waals surface area contributed by atoms with E-state index in [4.69, 9.17) is 4.74 Å². The lowest BCUT2D eigenvalue weighted by Gasteiger charge is -2.18. The van der Waals surface area contributed by atoms with Crippen molar-refractivity contribution in [3.63, 3.8) is 0 Å². The van der Waals surface area contributed by atoms with Crippen LogP contribution in [0.2, 0.25) is 0 Å². The summed E-state index contributed by atoms with van der Waals surface area (Å²) in [5.41, 5.74) is 0.307. The van der Waals surface area contributed by atoms with Crippen LogP contribution in [0.25, 0.3) is 0 Å². The van der Waals surface area contributed by atoms with Gasteiger partial charge >= 0.3 is 0 Å². The molecule has 1 unspecified atom stereocenters. The average molecular weight is 277 g/mol. The Balaban J connectivity index is 1.70. The van der Waals surface area contributed by atoms with Crippen molar-refractivity contribution in [1.29, 1.82) is 0 Å². The van der Waals surface area contributed by atoms with E-state index >= 15 is 0 Å². The fourth-order valence-electron chi connectivity index (χ4n) is 2.87. The number of Topliss-reactive ketones (excluding diaryl/α,β-unsaturated/α-hetero) is 1. The van der Waals surface area contributed by atoms with Gasteiger partial charge in [0, 0.05) is 13.2 Å². The van der Waals surface area contributed by atoms with Crippen molar-refractivity contribution in [1.82, 2.24) is 0 Å². The summed E-state index contributed by atoms with van der Waals surface area (Å²) in [5, 5.41) is 0. The van der Waals surface area contributed by atoms with E-state index in [-0.39, 0.29) is 17.4 Å². The van der Waals surface area contributed by atoms with Crippen molar-refractivity contribution in [3.05, 3.63) is 29.6 Å². The van der Waals surface area contributed by atoms with Gasteiger partial charge in [-0.05, 0) is 37.8 Å². The first-order valence-corrected chi connectivity index (χ1v) is 6.95. The summed E-state index contributed by atoms with van der Waals surface area (Å²) in [6.07, 6.45) is 3.89. The second-order valence-corrected chi connectivity index (χ2v) is 5.20. The smallest absolute Gasteiger partial charge is 0.299 e. The van der Waals surface area contributed by atoms with E-state index in [0.29, 0.717) is 13.0 Å². The Bertz CT molecular complexity index is 552. The maximum absolute atomic E-state index is 13.8. The number of ketones is 1. The summed E-state index contributed by atoms with van der Waals surface area (Å²) in [6, 6.07) is 4.23. The van der Waals surface area contributed by atoms with Crippen molar-refractivity contribution in [3.8, 4) is 0 Å². The Kier molecular flexibility index (Phi) is 3.53. The van der Waals surface area contributed by atoms with Gasteiger partial charge in [-0.2, -0.15) is 0 Å². The first kappa shape index (κ1) is 13.2. The number of rotatable bonds is 4. The highest BCUT2D eigenvalue weighted by atomic mass is 19.1. The Hall–Kier alpha value is -1.75. The molecule has 0 aliphatic carbocycles. The van der Waals surface area contributed by atoms with Crippen molar-refractivity contribution in [2.45, 2.75) is 31.8 Å². The second-order valence-electron chi connectivity index (χ2n) is 5.20. The number of ether oxygens (including phenoxy) is 1. The maximum atomic E-state index is 13.8. The van der Waals surface area contributed by atoms with Gasteiger partial charge in [0.2, 0.25) is 0 Å². The summed E-state index contributed by atoms with van der Waals surface area (Å²) >= 11 is 0. The number of halogens is 1. The average Bonchev–Trinajstić information content (AvgIpc) is 3.03. The number of amides is 1. The highest BCUT2D eigenvalue weighted by molar-refractivity contribution is 6.52. The Morgan fingerprint density at radius 2 is 2.20 bits per heavy atom. The zero-order valence-corrected chi connectivity index (χ0v) is 11.1. The van der Waals surface area contributed by atoms with E-state index in [0.717, 1.165) is 25.9 Å². The maximum Gasteiger partial charge on any atom is 0.299 e. The summed E-state index contributed by atoms with van der Waals surface area (Å²) in [5.74, 6) is -1.76. The normalized spacial score (nSPS) is 21.6. The molecule has 2 aliphatic heterocycles. The predicted molar refractivity (Wildman–Crippen MR) is 71.3 cm³/mol. The molecule has 5 heteroatoms. The molecule has 0 N–H and O–H groups in total. The first-order valence-electron chi connectivity index (χ1n) is 6.95. The molecule has 1 aromatic carbocycles. The highest BCUT2D eigenvalue weighted by Gasteiger charge is 2.37. The predicted octanol–water partition coefficient (Wildman–Crippen LogP) is 2.31. The molecule has 0 bridgehead atoms. The van der Waals surface area contributed by atoms with E-state index < -0.39 is 17.5 Å². The van der Waals surface area contributed by atoms with E-state index in [9.17, 15) is 14.0 Å². The SMILES string of the molecule is O=C1C(=O)N(CCCC2CCCO2)c2c(F)cccc21. The molecule has 1 atom stereocenters. The largest absolute Gasteiger partial charge is 0.378 e. The lowest BCUT2D eigenvalue weighted by Crippen LogP contribution is -2.31. The van der Waals surface area contributed by atoms with Crippen molar-refractivity contribution < 1.29 is 18.7 Å². The highest BCUT2D eigenvalue weighted by Crippen LogP contribution is 2.32. The van der Waals surface area contributed by atoms with Crippen LogP contribution >= 0.6 is 0 Å². The molecule has 106 valence electrons. The number of benzene rings is 1. The van der Waals surface area contributed by atoms with Gasteiger partial charge in [0.25, 0.3) is 11.7 Å². The van der Waals surface area contributed by atoms with Gasteiger partial charge in [-0.3, -0.25) is 9.59 Å². The molecule has 1 saturated heterocycles. The van der Waals surface area contributed by atoms with E-state index in [1.165, 1.54) is 23.1 Å². The van der Waals surface area contributed by atoms with Crippen LogP contribution in [0.4, 0.5) is 10.1 Å². The lowest BCUT2D eigenvalue weighted by molar-refractivity contribution is -0.114. The number of para-hydroxylation sites is 1. The number of nitrogens with zero attached hydrogens (tertiary/aromatic N) is 1. The molecule has 0 aromatic heterocycles. The van der Waals surface area contributed by atoms with Gasteiger partial charge in [-0.25, -0.2) is 4.39 Å². The molecular weight excluding hydrogens is 261 g/mol. The zero-order valence-electron chi connectivity index (χ0n) is 11.1. The summed E-state index contributed by atoms with van der Waals surface area (Å²) in [6.45, 7) is 1.15. The van der Waals surface area contributed by atoms with Crippen LogP contribution in [0.15, 0.2) is 18.2 Å². The Morgan fingerprint density at radius 3 is 2.95 bits per heavy atom. The molecule has 2 aliphatic rings. The van der Waals surface area contributed by atoms with Gasteiger partial charge in [-0.1, -0.05) is 6.07 Å². The lowest BCUT2D eigenvalue weighted by atomic mass is 10.1. The van der Waals surface area contributed by atoms with Crippen molar-refractivity contribution >= 4 is 17.4 Å². The molecule has 1 fully saturated rings. The topological polar surface area (TPSA) is 46.6 Å². The summed E-state index contributed by atoms with van der Waals surface area (Å²) in [7, 11) is 0. The van der Waals surface area contributed by atoms with Crippen molar-refractivity contribution in [2.75, 3.05) is 18.1 Å². The number of hydrogen-bond acceptors (Lipinski definition) is 3. The minimum Gasteiger partial charge on any atom is -0.378 e. The third-order valence-corrected chi connectivity index (χ3v) is 3.87. The molecule has 1 aromatic rings. The van der Waals surface area contributed by atoms with Gasteiger partial charge in [0.1, 0.15) is 5.82 Å². The van der Waals surface area contributed by atoms with E-state index in [1.54, 1.807) is 0 Å². The van der Waals surface area contributed by atoms with Crippen LogP contribution in [-0.4, -0.2) is 30.9 Å². The van der Waals surface area contributed by atoms with Crippen molar-refractivity contribution in [2.24, 2.45) is 0 Å². The fraction of sp³-hybridized carbons (Fsp3) is 0.467. The van der Waals surface area contributed by atoms with Crippen LogP contribution in [0.1, 0.15) is 36.0 Å². The molecule has 0 saturated carbocycles. The van der Waals surface area contributed by atoms with Crippen LogP contribution < -0.4 is 4.90 Å². The fourth-order valence-corrected chi connectivity index (χ4v) is 2.87. The summed E-state index contributed by atoms with van der Waals surface area (Å²) in [4.78, 5) is 25.0. The molecule has 2 heterocycles.